The Morgan fingerprint density at radius 2 is 1.56 bits per heavy atom. The molecule has 2 rings (SSSR count). The van der Waals surface area contributed by atoms with E-state index in [2.05, 4.69) is 0 Å². The van der Waals surface area contributed by atoms with Gasteiger partial charge in [0.25, 0.3) is 0 Å². The first kappa shape index (κ1) is 19.7. The maximum absolute atomic E-state index is 12.5. The Labute approximate surface area is 152 Å². The van der Waals surface area contributed by atoms with Crippen LogP contribution in [0.5, 0.6) is 5.75 Å². The van der Waals surface area contributed by atoms with Crippen LogP contribution in [0, 0.1) is 0 Å². The number of phenols is 1. The van der Waals surface area contributed by atoms with E-state index in [1.165, 1.54) is 3.98 Å². The van der Waals surface area contributed by atoms with Gasteiger partial charge >= 0.3 is 10.0 Å². The predicted octanol–water partition coefficient (Wildman–Crippen LogP) is 4.16. The number of rotatable bonds is 2. The van der Waals surface area contributed by atoms with E-state index in [0.29, 0.717) is 23.6 Å². The second-order valence-electron chi connectivity index (χ2n) is 8.67. The van der Waals surface area contributed by atoms with E-state index in [1.54, 1.807) is 12.3 Å². The van der Waals surface area contributed by atoms with E-state index in [1.807, 2.05) is 60.6 Å². The summed E-state index contributed by atoms with van der Waals surface area (Å²) in [4.78, 5) is 0.403. The fraction of sp³-hybridized carbons (Fsp3) is 0.550. The average molecular weight is 365 g/mol. The smallest absolute Gasteiger partial charge is 0.391 e. The normalized spacial score (nSPS) is 19.3. The van der Waals surface area contributed by atoms with Crippen LogP contribution in [0.25, 0.3) is 6.08 Å². The van der Waals surface area contributed by atoms with Gasteiger partial charge in [0.1, 0.15) is 10.7 Å². The molecule has 25 heavy (non-hydrogen) atoms. The number of allylic oxidation sites excluding steroid dienone is 1. The zero-order valence-electron chi connectivity index (χ0n) is 16.3. The van der Waals surface area contributed by atoms with Gasteiger partial charge in [-0.25, -0.2) is 0 Å². The molecule has 0 aromatic heterocycles. The minimum absolute atomic E-state index is 0.241. The number of nitrogens with zero attached hydrogens (tertiary/aromatic N) is 1. The monoisotopic (exact) mass is 364 g/mol. The Morgan fingerprint density at radius 3 is 1.92 bits per heavy atom. The average Bonchev–Trinajstić information content (AvgIpc) is 2.72. The molecule has 0 amide bonds. The standard InChI is InChI=1S/C20H29NO3S/c1-8-21-10-9-15(25(21,23)24)11-14-12-16(19(2,3)4)18(22)17(13-14)20(5,6)7/h10-13H,8-9H2,1-7H3/p+1/b15-11+. The first-order valence-corrected chi connectivity index (χ1v) is 10.2. The van der Waals surface area contributed by atoms with Crippen LogP contribution in [0.3, 0.4) is 0 Å². The van der Waals surface area contributed by atoms with Crippen molar-refractivity contribution in [2.75, 3.05) is 6.54 Å². The van der Waals surface area contributed by atoms with Crippen molar-refractivity contribution >= 4 is 22.3 Å². The summed E-state index contributed by atoms with van der Waals surface area (Å²) in [6.45, 7) is 14.5. The van der Waals surface area contributed by atoms with Gasteiger partial charge in [-0.15, -0.1) is 3.98 Å². The molecule has 0 radical (unpaired) electrons. The van der Waals surface area contributed by atoms with Gasteiger partial charge in [0.2, 0.25) is 0 Å². The number of benzene rings is 1. The molecule has 0 unspecified atom stereocenters. The predicted molar refractivity (Wildman–Crippen MR) is 104 cm³/mol. The van der Waals surface area contributed by atoms with Gasteiger partial charge in [-0.1, -0.05) is 41.5 Å². The number of hydrogen-bond acceptors (Lipinski definition) is 3. The molecule has 138 valence electrons. The molecular formula is C20H30NO3S+. The molecule has 0 bridgehead atoms. The topological polar surface area (TPSA) is 57.4 Å². The van der Waals surface area contributed by atoms with Gasteiger partial charge in [0.15, 0.2) is 12.8 Å². The molecule has 1 aliphatic rings. The molecule has 0 saturated heterocycles. The zero-order chi connectivity index (χ0) is 19.2. The van der Waals surface area contributed by atoms with Crippen molar-refractivity contribution in [3.63, 3.8) is 0 Å². The SMILES string of the molecule is CC[N+]1=CC/C(=C\c2cc(C(C)(C)C)c(O)c(C(C)(C)C)c2)S1(=O)=O. The number of aromatic hydroxyl groups is 1. The lowest BCUT2D eigenvalue weighted by Gasteiger charge is -2.28. The molecule has 0 atom stereocenters. The maximum Gasteiger partial charge on any atom is 0.391 e. The summed E-state index contributed by atoms with van der Waals surface area (Å²) >= 11 is 0. The Bertz CT molecular complexity index is 813. The Morgan fingerprint density at radius 1 is 1.08 bits per heavy atom. The molecule has 1 heterocycles. The Kier molecular flexibility index (Phi) is 4.94. The van der Waals surface area contributed by atoms with E-state index >= 15 is 0 Å². The van der Waals surface area contributed by atoms with Gasteiger partial charge in [-0.3, -0.25) is 0 Å². The van der Waals surface area contributed by atoms with Crippen LogP contribution in [0.15, 0.2) is 17.0 Å². The molecule has 1 aliphatic heterocycles. The highest BCUT2D eigenvalue weighted by Gasteiger charge is 2.35. The minimum Gasteiger partial charge on any atom is -0.507 e. The molecule has 4 nitrogen and oxygen atoms in total. The van der Waals surface area contributed by atoms with E-state index < -0.39 is 10.0 Å². The van der Waals surface area contributed by atoms with E-state index in [-0.39, 0.29) is 10.8 Å². The molecule has 0 fully saturated rings. The van der Waals surface area contributed by atoms with Crippen LogP contribution in [0.4, 0.5) is 0 Å². The highest BCUT2D eigenvalue weighted by molar-refractivity contribution is 7.90. The highest BCUT2D eigenvalue weighted by atomic mass is 32.2. The largest absolute Gasteiger partial charge is 0.507 e. The fourth-order valence-corrected chi connectivity index (χ4v) is 4.53. The summed E-state index contributed by atoms with van der Waals surface area (Å²) in [7, 11) is -3.41. The quantitative estimate of drug-likeness (QED) is 0.802. The van der Waals surface area contributed by atoms with Gasteiger partial charge in [0.05, 0.1) is 6.42 Å². The van der Waals surface area contributed by atoms with Crippen molar-refractivity contribution in [2.45, 2.75) is 65.7 Å². The van der Waals surface area contributed by atoms with Crippen molar-refractivity contribution in [1.82, 2.24) is 0 Å². The van der Waals surface area contributed by atoms with Crippen LogP contribution in [-0.4, -0.2) is 30.3 Å². The molecule has 0 spiro atoms. The van der Waals surface area contributed by atoms with E-state index in [9.17, 15) is 13.5 Å². The fourth-order valence-electron chi connectivity index (χ4n) is 3.05. The van der Waals surface area contributed by atoms with Crippen molar-refractivity contribution in [1.29, 1.82) is 0 Å². The summed E-state index contributed by atoms with van der Waals surface area (Å²) < 4.78 is 26.5. The third-order valence-electron chi connectivity index (χ3n) is 4.52. The van der Waals surface area contributed by atoms with Crippen molar-refractivity contribution in [2.24, 2.45) is 0 Å². The summed E-state index contributed by atoms with van der Waals surface area (Å²) in [6, 6.07) is 3.81. The molecule has 5 heteroatoms. The Hall–Kier alpha value is -1.62. The number of phenolic OH excluding ortho intramolecular Hbond substituents is 1. The third kappa shape index (κ3) is 3.81. The second-order valence-corrected chi connectivity index (χ2v) is 10.6. The van der Waals surface area contributed by atoms with Crippen molar-refractivity contribution in [3.05, 3.63) is 33.7 Å². The second kappa shape index (κ2) is 6.27. The van der Waals surface area contributed by atoms with Crippen molar-refractivity contribution in [3.8, 4) is 5.75 Å². The molecule has 1 aromatic carbocycles. The van der Waals surface area contributed by atoms with Gasteiger partial charge in [-0.2, -0.15) is 8.42 Å². The van der Waals surface area contributed by atoms with Crippen LogP contribution < -0.4 is 0 Å². The molecule has 0 saturated carbocycles. The highest BCUT2D eigenvalue weighted by Crippen LogP contribution is 2.40. The molecule has 0 aliphatic carbocycles. The lowest BCUT2D eigenvalue weighted by atomic mass is 9.78. The first-order chi connectivity index (χ1) is 11.3. The van der Waals surface area contributed by atoms with Crippen LogP contribution in [0.2, 0.25) is 0 Å². The summed E-state index contributed by atoms with van der Waals surface area (Å²) in [5.74, 6) is 0.304. The lowest BCUT2D eigenvalue weighted by Crippen LogP contribution is -2.18. The third-order valence-corrected chi connectivity index (χ3v) is 6.50. The van der Waals surface area contributed by atoms with E-state index in [0.717, 1.165) is 16.7 Å². The summed E-state index contributed by atoms with van der Waals surface area (Å²) in [5.41, 5.74) is 2.00. The van der Waals surface area contributed by atoms with Gasteiger partial charge < -0.3 is 5.11 Å². The number of sulfonamides is 1. The molecule has 1 N–H and O–H groups in total. The Balaban J connectivity index is 2.67. The summed E-state index contributed by atoms with van der Waals surface area (Å²) in [6.07, 6.45) is 3.87. The summed E-state index contributed by atoms with van der Waals surface area (Å²) in [5, 5.41) is 10.8. The number of hydrogen-bond donors (Lipinski definition) is 1. The van der Waals surface area contributed by atoms with Crippen molar-refractivity contribution < 1.29 is 17.5 Å². The lowest BCUT2D eigenvalue weighted by molar-refractivity contribution is -0.351. The maximum atomic E-state index is 12.5. The minimum atomic E-state index is -3.41. The molecular weight excluding hydrogens is 334 g/mol. The van der Waals surface area contributed by atoms with Crippen LogP contribution >= 0.6 is 0 Å². The first-order valence-electron chi connectivity index (χ1n) is 8.72. The van der Waals surface area contributed by atoms with Gasteiger partial charge in [0, 0.05) is 11.1 Å². The van der Waals surface area contributed by atoms with Crippen LogP contribution in [0.1, 0.15) is 71.6 Å². The van der Waals surface area contributed by atoms with E-state index in [4.69, 9.17) is 0 Å². The van der Waals surface area contributed by atoms with Gasteiger partial charge in [-0.05, 0) is 41.5 Å². The van der Waals surface area contributed by atoms with Crippen LogP contribution in [-0.2, 0) is 20.9 Å². The molecule has 1 aromatic rings. The zero-order valence-corrected chi connectivity index (χ0v) is 17.2.